The van der Waals surface area contributed by atoms with Gasteiger partial charge in [-0.25, -0.2) is 9.78 Å². The number of nitrogens with zero attached hydrogens (tertiary/aromatic N) is 3. The Morgan fingerprint density at radius 1 is 1.00 bits per heavy atom. The summed E-state index contributed by atoms with van der Waals surface area (Å²) in [5, 5.41) is 5.86. The first-order chi connectivity index (χ1) is 19.2. The SMILES string of the molecule is CC(C)N1C(=O)N(CC(=O)Nc2ccc3c(c2)C[C@@]2(C3)C(=O)Nc3ncccc32)C2(CCc3ccccc32)C1=O. The Morgan fingerprint density at radius 3 is 2.60 bits per heavy atom. The third kappa shape index (κ3) is 3.23. The van der Waals surface area contributed by atoms with E-state index in [1.807, 2.05) is 68.4 Å². The molecule has 1 unspecified atom stereocenters. The second kappa shape index (κ2) is 8.48. The zero-order valence-corrected chi connectivity index (χ0v) is 22.4. The first kappa shape index (κ1) is 24.5. The Labute approximate surface area is 231 Å². The lowest BCUT2D eigenvalue weighted by Crippen LogP contribution is -2.48. The van der Waals surface area contributed by atoms with Gasteiger partial charge in [0, 0.05) is 23.5 Å². The number of fused-ring (bicyclic) bond motifs is 5. The number of carbonyl (C=O) groups excluding carboxylic acids is 4. The monoisotopic (exact) mass is 535 g/mol. The molecule has 3 heterocycles. The van der Waals surface area contributed by atoms with Crippen LogP contribution in [0.3, 0.4) is 0 Å². The molecule has 9 heteroatoms. The number of hydrogen-bond donors (Lipinski definition) is 2. The molecule has 3 aromatic rings. The van der Waals surface area contributed by atoms with Gasteiger partial charge >= 0.3 is 6.03 Å². The zero-order valence-electron chi connectivity index (χ0n) is 22.4. The van der Waals surface area contributed by atoms with Crippen LogP contribution in [0.2, 0.25) is 0 Å². The van der Waals surface area contributed by atoms with Gasteiger partial charge in [0.15, 0.2) is 5.54 Å². The summed E-state index contributed by atoms with van der Waals surface area (Å²) < 4.78 is 0. The summed E-state index contributed by atoms with van der Waals surface area (Å²) in [6.45, 7) is 3.37. The molecule has 2 aliphatic heterocycles. The zero-order chi connectivity index (χ0) is 27.8. The summed E-state index contributed by atoms with van der Waals surface area (Å²) in [5.41, 5.74) is 3.50. The fourth-order valence-electron chi connectivity index (χ4n) is 7.14. The highest BCUT2D eigenvalue weighted by atomic mass is 16.2. The fourth-order valence-corrected chi connectivity index (χ4v) is 7.14. The van der Waals surface area contributed by atoms with Gasteiger partial charge in [-0.3, -0.25) is 24.2 Å². The third-order valence-electron chi connectivity index (χ3n) is 8.97. The van der Waals surface area contributed by atoms with Crippen molar-refractivity contribution >= 4 is 35.3 Å². The van der Waals surface area contributed by atoms with E-state index in [1.54, 1.807) is 6.20 Å². The lowest BCUT2D eigenvalue weighted by molar-refractivity contribution is -0.135. The standard InChI is InChI=1S/C31H29N5O4/c1-18(2)36-28(39)31(12-11-19-6-3-4-7-23(19)31)35(29(36)40)17-25(37)33-22-10-9-20-15-30(16-21(20)14-22)24-8-5-13-32-26(24)34-27(30)38/h3-10,13-14,18H,11-12,15-17H2,1-2H3,(H,33,37)(H,32,34,38)/t30-,31?/m1/s1. The molecule has 2 aromatic carbocycles. The lowest BCUT2D eigenvalue weighted by atomic mass is 9.79. The Hall–Kier alpha value is -4.53. The highest BCUT2D eigenvalue weighted by molar-refractivity contribution is 6.10. The maximum absolute atomic E-state index is 13.8. The molecular formula is C31H29N5O4. The van der Waals surface area contributed by atoms with E-state index >= 15 is 0 Å². The predicted octanol–water partition coefficient (Wildman–Crippen LogP) is 3.52. The molecule has 1 saturated heterocycles. The van der Waals surface area contributed by atoms with Crippen LogP contribution in [0.15, 0.2) is 60.8 Å². The van der Waals surface area contributed by atoms with Crippen molar-refractivity contribution in [3.8, 4) is 0 Å². The number of imide groups is 1. The van der Waals surface area contributed by atoms with Crippen LogP contribution < -0.4 is 10.6 Å². The third-order valence-corrected chi connectivity index (χ3v) is 8.97. The van der Waals surface area contributed by atoms with E-state index in [9.17, 15) is 19.2 Å². The van der Waals surface area contributed by atoms with Gasteiger partial charge in [-0.15, -0.1) is 0 Å². The van der Waals surface area contributed by atoms with Gasteiger partial charge in [0.1, 0.15) is 12.4 Å². The van der Waals surface area contributed by atoms with E-state index in [2.05, 4.69) is 15.6 Å². The second-order valence-corrected chi connectivity index (χ2v) is 11.5. The molecule has 9 nitrogen and oxygen atoms in total. The van der Waals surface area contributed by atoms with Gasteiger partial charge in [0.2, 0.25) is 11.8 Å². The fraction of sp³-hybridized carbons (Fsp3) is 0.323. The highest BCUT2D eigenvalue weighted by Crippen LogP contribution is 2.48. The first-order valence-corrected chi connectivity index (χ1v) is 13.7. The van der Waals surface area contributed by atoms with Crippen molar-refractivity contribution in [2.24, 2.45) is 0 Å². The average molecular weight is 536 g/mol. The van der Waals surface area contributed by atoms with E-state index in [0.717, 1.165) is 27.8 Å². The molecule has 0 saturated carbocycles. The molecule has 1 fully saturated rings. The maximum atomic E-state index is 13.8. The van der Waals surface area contributed by atoms with Crippen molar-refractivity contribution in [3.05, 3.63) is 88.6 Å². The normalized spacial score (nSPS) is 24.2. The van der Waals surface area contributed by atoms with Crippen LogP contribution >= 0.6 is 0 Å². The minimum atomic E-state index is -1.17. The van der Waals surface area contributed by atoms with Crippen LogP contribution in [0.4, 0.5) is 16.3 Å². The van der Waals surface area contributed by atoms with Gasteiger partial charge < -0.3 is 10.6 Å². The number of rotatable bonds is 4. The Morgan fingerprint density at radius 2 is 1.77 bits per heavy atom. The van der Waals surface area contributed by atoms with Crippen molar-refractivity contribution in [3.63, 3.8) is 0 Å². The minimum absolute atomic E-state index is 0.0583. The van der Waals surface area contributed by atoms with Gasteiger partial charge in [0.25, 0.3) is 5.91 Å². The number of nitrogens with one attached hydrogen (secondary N) is 2. The van der Waals surface area contributed by atoms with Gasteiger partial charge in [-0.2, -0.15) is 0 Å². The highest BCUT2D eigenvalue weighted by Gasteiger charge is 2.61. The van der Waals surface area contributed by atoms with Gasteiger partial charge in [0.05, 0.1) is 5.41 Å². The Bertz CT molecular complexity index is 1630. The molecule has 5 amide bonds. The van der Waals surface area contributed by atoms with E-state index in [1.165, 1.54) is 9.80 Å². The molecule has 202 valence electrons. The molecule has 7 rings (SSSR count). The predicted molar refractivity (Wildman–Crippen MR) is 148 cm³/mol. The van der Waals surface area contributed by atoms with E-state index < -0.39 is 17.0 Å². The quantitative estimate of drug-likeness (QED) is 0.497. The van der Waals surface area contributed by atoms with Crippen molar-refractivity contribution in [1.82, 2.24) is 14.8 Å². The average Bonchev–Trinajstić information content (AvgIpc) is 3.63. The molecule has 0 bridgehead atoms. The van der Waals surface area contributed by atoms with Crippen LogP contribution in [-0.4, -0.2) is 51.1 Å². The number of aryl methyl sites for hydroxylation is 1. The molecule has 1 aromatic heterocycles. The summed E-state index contributed by atoms with van der Waals surface area (Å²) in [6, 6.07) is 16.4. The Balaban J connectivity index is 1.15. The molecule has 0 radical (unpaired) electrons. The molecule has 2 N–H and O–H groups in total. The van der Waals surface area contributed by atoms with Crippen molar-refractivity contribution in [2.45, 2.75) is 56.5 Å². The summed E-state index contributed by atoms with van der Waals surface area (Å²) >= 11 is 0. The number of benzene rings is 2. The molecule has 40 heavy (non-hydrogen) atoms. The van der Waals surface area contributed by atoms with Crippen molar-refractivity contribution in [1.29, 1.82) is 0 Å². The number of aromatic nitrogens is 1. The largest absolute Gasteiger partial charge is 0.328 e. The number of pyridine rings is 1. The summed E-state index contributed by atoms with van der Waals surface area (Å²) in [5.74, 6) is -0.0948. The van der Waals surface area contributed by atoms with Gasteiger partial charge in [-0.1, -0.05) is 36.4 Å². The number of hydrogen-bond acceptors (Lipinski definition) is 5. The van der Waals surface area contributed by atoms with Crippen LogP contribution in [0.5, 0.6) is 0 Å². The summed E-state index contributed by atoms with van der Waals surface area (Å²) in [4.78, 5) is 60.8. The smallest absolute Gasteiger partial charge is 0.325 e. The molecule has 2 aliphatic carbocycles. The minimum Gasteiger partial charge on any atom is -0.325 e. The van der Waals surface area contributed by atoms with Gasteiger partial charge in [-0.05, 0) is 80.0 Å². The molecular weight excluding hydrogens is 506 g/mol. The second-order valence-electron chi connectivity index (χ2n) is 11.5. The van der Waals surface area contributed by atoms with Crippen LogP contribution in [0, 0.1) is 0 Å². The summed E-state index contributed by atoms with van der Waals surface area (Å²) in [6.07, 6.45) is 3.86. The van der Waals surface area contributed by atoms with E-state index in [4.69, 9.17) is 0 Å². The van der Waals surface area contributed by atoms with Crippen molar-refractivity contribution in [2.75, 3.05) is 17.2 Å². The molecule has 2 atom stereocenters. The number of urea groups is 1. The maximum Gasteiger partial charge on any atom is 0.328 e. The topological polar surface area (TPSA) is 112 Å². The molecule has 2 spiro atoms. The van der Waals surface area contributed by atoms with E-state index in [-0.39, 0.29) is 30.3 Å². The van der Waals surface area contributed by atoms with E-state index in [0.29, 0.717) is 37.2 Å². The first-order valence-electron chi connectivity index (χ1n) is 13.7. The van der Waals surface area contributed by atoms with Crippen LogP contribution in [-0.2, 0) is 44.6 Å². The summed E-state index contributed by atoms with van der Waals surface area (Å²) in [7, 11) is 0. The number of carbonyl (C=O) groups is 4. The molecule has 4 aliphatic rings. The lowest BCUT2D eigenvalue weighted by Gasteiger charge is -2.32. The van der Waals surface area contributed by atoms with Crippen molar-refractivity contribution < 1.29 is 19.2 Å². The van der Waals surface area contributed by atoms with Crippen LogP contribution in [0.25, 0.3) is 0 Å². The number of anilines is 2. The Kier molecular flexibility index (Phi) is 5.20. The van der Waals surface area contributed by atoms with Crippen LogP contribution in [0.1, 0.15) is 48.1 Å². The number of amides is 5.